The quantitative estimate of drug-likeness (QED) is 0.858. The predicted octanol–water partition coefficient (Wildman–Crippen LogP) is 4.79. The molecule has 1 aromatic carbocycles. The second-order valence-corrected chi connectivity index (χ2v) is 5.37. The molecule has 4 heteroatoms. The zero-order valence-electron chi connectivity index (χ0n) is 11.0. The highest BCUT2D eigenvalue weighted by Gasteiger charge is 2.09. The van der Waals surface area contributed by atoms with Crippen molar-refractivity contribution < 1.29 is 4.42 Å². The van der Waals surface area contributed by atoms with Gasteiger partial charge >= 0.3 is 0 Å². The summed E-state index contributed by atoms with van der Waals surface area (Å²) >= 11 is 11.9. The molecule has 0 bridgehead atoms. The first-order chi connectivity index (χ1) is 9.10. The van der Waals surface area contributed by atoms with E-state index in [1.807, 2.05) is 24.3 Å². The van der Waals surface area contributed by atoms with Gasteiger partial charge in [-0.2, -0.15) is 0 Å². The van der Waals surface area contributed by atoms with Crippen LogP contribution in [0.25, 0.3) is 11.3 Å². The Labute approximate surface area is 123 Å². The van der Waals surface area contributed by atoms with Crippen molar-refractivity contribution in [1.82, 2.24) is 5.32 Å². The molecule has 2 rings (SSSR count). The second kappa shape index (κ2) is 6.47. The fraction of sp³-hybridized carbons (Fsp3) is 0.333. The number of rotatable bonds is 5. The van der Waals surface area contributed by atoms with Gasteiger partial charge < -0.3 is 9.73 Å². The van der Waals surface area contributed by atoms with Gasteiger partial charge in [-0.15, -0.1) is 0 Å². The minimum absolute atomic E-state index is 0.401. The van der Waals surface area contributed by atoms with E-state index in [9.17, 15) is 0 Å². The molecule has 1 N–H and O–H groups in total. The molecule has 102 valence electrons. The van der Waals surface area contributed by atoms with Crippen LogP contribution in [0.4, 0.5) is 0 Å². The van der Waals surface area contributed by atoms with Gasteiger partial charge in [-0.25, -0.2) is 0 Å². The number of halogens is 2. The van der Waals surface area contributed by atoms with Crippen LogP contribution in [0.3, 0.4) is 0 Å². The molecule has 1 unspecified atom stereocenters. The van der Waals surface area contributed by atoms with Gasteiger partial charge in [-0.1, -0.05) is 30.1 Å². The average molecular weight is 298 g/mol. The van der Waals surface area contributed by atoms with Gasteiger partial charge in [0.05, 0.1) is 10.0 Å². The highest BCUT2D eigenvalue weighted by atomic mass is 35.5. The lowest BCUT2D eigenvalue weighted by molar-refractivity contribution is 0.470. The summed E-state index contributed by atoms with van der Waals surface area (Å²) in [6, 6.07) is 9.88. The average Bonchev–Trinajstić information content (AvgIpc) is 2.81. The van der Waals surface area contributed by atoms with E-state index >= 15 is 0 Å². The van der Waals surface area contributed by atoms with Crippen molar-refractivity contribution in [3.05, 3.63) is 46.1 Å². The maximum absolute atomic E-state index is 6.01. The zero-order valence-corrected chi connectivity index (χ0v) is 12.6. The number of hydrogen-bond donors (Lipinski definition) is 1. The van der Waals surface area contributed by atoms with Gasteiger partial charge in [0.2, 0.25) is 0 Å². The molecule has 0 fully saturated rings. The summed E-state index contributed by atoms with van der Waals surface area (Å²) in [5.41, 5.74) is 0.941. The molecule has 0 aliphatic carbocycles. The topological polar surface area (TPSA) is 25.2 Å². The maximum atomic E-state index is 6.01. The van der Waals surface area contributed by atoms with Gasteiger partial charge in [0, 0.05) is 18.0 Å². The van der Waals surface area contributed by atoms with Crippen molar-refractivity contribution in [2.75, 3.05) is 6.54 Å². The molecule has 0 amide bonds. The van der Waals surface area contributed by atoms with Crippen molar-refractivity contribution >= 4 is 23.2 Å². The Bertz CT molecular complexity index is 551. The van der Waals surface area contributed by atoms with E-state index in [4.69, 9.17) is 27.6 Å². The Hall–Kier alpha value is -0.960. The molecule has 0 aliphatic heterocycles. The second-order valence-electron chi connectivity index (χ2n) is 4.56. The fourth-order valence-electron chi connectivity index (χ4n) is 2.01. The minimum atomic E-state index is 0.401. The van der Waals surface area contributed by atoms with Crippen molar-refractivity contribution in [3.63, 3.8) is 0 Å². The zero-order chi connectivity index (χ0) is 13.8. The highest BCUT2D eigenvalue weighted by molar-refractivity contribution is 6.42. The molecule has 2 aromatic rings. The van der Waals surface area contributed by atoms with Crippen LogP contribution < -0.4 is 5.32 Å². The maximum Gasteiger partial charge on any atom is 0.134 e. The monoisotopic (exact) mass is 297 g/mol. The third kappa shape index (κ3) is 3.75. The van der Waals surface area contributed by atoms with Gasteiger partial charge in [0.25, 0.3) is 0 Å². The first kappa shape index (κ1) is 14.4. The normalized spacial score (nSPS) is 12.6. The Morgan fingerprint density at radius 1 is 1.16 bits per heavy atom. The Morgan fingerprint density at radius 2 is 1.95 bits per heavy atom. The Balaban J connectivity index is 2.14. The number of furan rings is 1. The molecule has 0 saturated heterocycles. The lowest BCUT2D eigenvalue weighted by Gasteiger charge is -2.09. The van der Waals surface area contributed by atoms with E-state index in [1.54, 1.807) is 6.07 Å². The standard InChI is InChI=1S/C15H17Cl2NO/c1-3-18-10(2)8-12-5-7-15(19-12)11-4-6-13(16)14(17)9-11/h4-7,9-10,18H,3,8H2,1-2H3. The molecule has 1 aromatic heterocycles. The summed E-state index contributed by atoms with van der Waals surface area (Å²) in [7, 11) is 0. The summed E-state index contributed by atoms with van der Waals surface area (Å²) < 4.78 is 5.84. The van der Waals surface area contributed by atoms with Crippen LogP contribution in [-0.2, 0) is 6.42 Å². The van der Waals surface area contributed by atoms with Crippen LogP contribution in [0.1, 0.15) is 19.6 Å². The minimum Gasteiger partial charge on any atom is -0.461 e. The summed E-state index contributed by atoms with van der Waals surface area (Å²) in [4.78, 5) is 0. The van der Waals surface area contributed by atoms with Crippen molar-refractivity contribution in [2.45, 2.75) is 26.3 Å². The van der Waals surface area contributed by atoms with Crippen LogP contribution in [-0.4, -0.2) is 12.6 Å². The third-order valence-electron chi connectivity index (χ3n) is 2.93. The fourth-order valence-corrected chi connectivity index (χ4v) is 2.31. The number of hydrogen-bond acceptors (Lipinski definition) is 2. The highest BCUT2D eigenvalue weighted by Crippen LogP contribution is 2.29. The molecule has 0 aliphatic rings. The van der Waals surface area contributed by atoms with E-state index < -0.39 is 0 Å². The molecule has 19 heavy (non-hydrogen) atoms. The third-order valence-corrected chi connectivity index (χ3v) is 3.66. The largest absolute Gasteiger partial charge is 0.461 e. The van der Waals surface area contributed by atoms with Crippen molar-refractivity contribution in [3.8, 4) is 11.3 Å². The molecular formula is C15H17Cl2NO. The van der Waals surface area contributed by atoms with Crippen LogP contribution in [0.5, 0.6) is 0 Å². The molecule has 0 radical (unpaired) electrons. The SMILES string of the molecule is CCNC(C)Cc1ccc(-c2ccc(Cl)c(Cl)c2)o1. The molecule has 1 heterocycles. The van der Waals surface area contributed by atoms with Crippen LogP contribution >= 0.6 is 23.2 Å². The summed E-state index contributed by atoms with van der Waals surface area (Å²) in [6.07, 6.45) is 0.870. The molecule has 1 atom stereocenters. The van der Waals surface area contributed by atoms with E-state index in [2.05, 4.69) is 19.2 Å². The first-order valence-electron chi connectivity index (χ1n) is 6.37. The van der Waals surface area contributed by atoms with Gasteiger partial charge in [0.15, 0.2) is 0 Å². The Kier molecular flexibility index (Phi) is 4.92. The predicted molar refractivity (Wildman–Crippen MR) is 81.0 cm³/mol. The molecule has 2 nitrogen and oxygen atoms in total. The number of nitrogens with one attached hydrogen (secondary N) is 1. The van der Waals surface area contributed by atoms with Crippen LogP contribution in [0.2, 0.25) is 10.0 Å². The molecule has 0 saturated carbocycles. The summed E-state index contributed by atoms with van der Waals surface area (Å²) in [5.74, 6) is 1.78. The first-order valence-corrected chi connectivity index (χ1v) is 7.13. The Morgan fingerprint density at radius 3 is 2.63 bits per heavy atom. The lowest BCUT2D eigenvalue weighted by atomic mass is 10.2. The lowest BCUT2D eigenvalue weighted by Crippen LogP contribution is -2.27. The number of benzene rings is 1. The smallest absolute Gasteiger partial charge is 0.134 e. The van der Waals surface area contributed by atoms with Gasteiger partial charge in [-0.05, 0) is 43.8 Å². The van der Waals surface area contributed by atoms with E-state index in [1.165, 1.54) is 0 Å². The van der Waals surface area contributed by atoms with E-state index in [-0.39, 0.29) is 0 Å². The van der Waals surface area contributed by atoms with Gasteiger partial charge in [0.1, 0.15) is 11.5 Å². The number of likely N-dealkylation sites (N-methyl/N-ethyl adjacent to an activating group) is 1. The molecular weight excluding hydrogens is 281 g/mol. The summed E-state index contributed by atoms with van der Waals surface area (Å²) in [5, 5.41) is 4.45. The summed E-state index contributed by atoms with van der Waals surface area (Å²) in [6.45, 7) is 5.20. The van der Waals surface area contributed by atoms with Gasteiger partial charge in [-0.3, -0.25) is 0 Å². The van der Waals surface area contributed by atoms with Crippen LogP contribution in [0.15, 0.2) is 34.7 Å². The van der Waals surface area contributed by atoms with Crippen molar-refractivity contribution in [1.29, 1.82) is 0 Å². The van der Waals surface area contributed by atoms with Crippen molar-refractivity contribution in [2.24, 2.45) is 0 Å². The molecule has 0 spiro atoms. The van der Waals surface area contributed by atoms with Crippen LogP contribution in [0, 0.1) is 0 Å². The van der Waals surface area contributed by atoms with E-state index in [0.29, 0.717) is 16.1 Å². The van der Waals surface area contributed by atoms with E-state index in [0.717, 1.165) is 30.0 Å².